The van der Waals surface area contributed by atoms with E-state index in [-0.39, 0.29) is 5.56 Å². The Morgan fingerprint density at radius 3 is 2.72 bits per heavy atom. The van der Waals surface area contributed by atoms with Crippen LogP contribution in [-0.2, 0) is 18.6 Å². The van der Waals surface area contributed by atoms with E-state index in [4.69, 9.17) is 4.98 Å². The Labute approximate surface area is 178 Å². The van der Waals surface area contributed by atoms with Gasteiger partial charge in [0.2, 0.25) is 0 Å². The summed E-state index contributed by atoms with van der Waals surface area (Å²) in [5, 5.41) is 1.62. The molecule has 2 heterocycles. The molecule has 29 heavy (non-hydrogen) atoms. The first-order valence-electron chi connectivity index (χ1n) is 10.0. The molecule has 2 aromatic heterocycles. The minimum Gasteiger partial charge on any atom is -0.268 e. The van der Waals surface area contributed by atoms with Crippen molar-refractivity contribution >= 4 is 33.3 Å². The maximum atomic E-state index is 13.7. The Balaban J connectivity index is 1.69. The molecule has 2 aromatic carbocycles. The second-order valence-electron chi connectivity index (χ2n) is 7.54. The molecule has 4 aromatic rings. The highest BCUT2D eigenvalue weighted by Gasteiger charge is 2.23. The summed E-state index contributed by atoms with van der Waals surface area (Å²) in [5.74, 6) is 0.787. The summed E-state index contributed by atoms with van der Waals surface area (Å²) < 4.78 is 1.82. The van der Waals surface area contributed by atoms with Gasteiger partial charge in [-0.25, -0.2) is 4.98 Å². The SMILES string of the molecule is Cc1cccc(-n2c(SCc3ccccc3)nc3sc4c(c3c2=O)CCCC4)c1. The predicted octanol–water partition coefficient (Wildman–Crippen LogP) is 5.93. The zero-order valence-corrected chi connectivity index (χ0v) is 18.0. The Morgan fingerprint density at radius 1 is 1.07 bits per heavy atom. The van der Waals surface area contributed by atoms with Crippen molar-refractivity contribution in [2.24, 2.45) is 0 Å². The lowest BCUT2D eigenvalue weighted by molar-refractivity contribution is 0.699. The maximum Gasteiger partial charge on any atom is 0.267 e. The molecule has 0 bridgehead atoms. The molecule has 0 amide bonds. The summed E-state index contributed by atoms with van der Waals surface area (Å²) in [7, 11) is 0. The van der Waals surface area contributed by atoms with Crippen molar-refractivity contribution in [2.45, 2.75) is 43.5 Å². The standard InChI is InChI=1S/C24H22N2OS2/c1-16-8-7-11-18(14-16)26-23(27)21-19-12-5-6-13-20(19)29-22(21)25-24(26)28-15-17-9-3-2-4-10-17/h2-4,7-11,14H,5-6,12-13,15H2,1H3. The number of fused-ring (bicyclic) bond motifs is 3. The number of hydrogen-bond acceptors (Lipinski definition) is 4. The van der Waals surface area contributed by atoms with Crippen LogP contribution in [0.5, 0.6) is 0 Å². The summed E-state index contributed by atoms with van der Waals surface area (Å²) in [5.41, 5.74) is 4.59. The van der Waals surface area contributed by atoms with E-state index in [1.165, 1.54) is 22.4 Å². The van der Waals surface area contributed by atoms with Crippen LogP contribution in [0.15, 0.2) is 64.5 Å². The van der Waals surface area contributed by atoms with E-state index >= 15 is 0 Å². The van der Waals surface area contributed by atoms with E-state index in [9.17, 15) is 4.79 Å². The van der Waals surface area contributed by atoms with Crippen LogP contribution in [0, 0.1) is 6.92 Å². The van der Waals surface area contributed by atoms with Crippen LogP contribution < -0.4 is 5.56 Å². The lowest BCUT2D eigenvalue weighted by Gasteiger charge is -2.14. The van der Waals surface area contributed by atoms with Crippen molar-refractivity contribution in [3.05, 3.63) is 86.5 Å². The Morgan fingerprint density at radius 2 is 1.90 bits per heavy atom. The average Bonchev–Trinajstić information content (AvgIpc) is 3.11. The monoisotopic (exact) mass is 418 g/mol. The molecule has 0 spiro atoms. The minimum absolute atomic E-state index is 0.0792. The normalized spacial score (nSPS) is 13.6. The number of benzene rings is 2. The zero-order chi connectivity index (χ0) is 19.8. The van der Waals surface area contributed by atoms with Crippen LogP contribution in [0.4, 0.5) is 0 Å². The Hall–Kier alpha value is -2.37. The fourth-order valence-electron chi connectivity index (χ4n) is 4.00. The molecular weight excluding hydrogens is 396 g/mol. The molecule has 0 unspecified atom stereocenters. The van der Waals surface area contributed by atoms with Gasteiger partial charge in [-0.3, -0.25) is 9.36 Å². The lowest BCUT2D eigenvalue weighted by atomic mass is 9.97. The summed E-state index contributed by atoms with van der Waals surface area (Å²) in [4.78, 5) is 21.0. The number of aryl methyl sites for hydroxylation is 3. The van der Waals surface area contributed by atoms with Crippen molar-refractivity contribution in [3.63, 3.8) is 0 Å². The smallest absolute Gasteiger partial charge is 0.267 e. The van der Waals surface area contributed by atoms with Gasteiger partial charge in [-0.05, 0) is 61.4 Å². The second kappa shape index (κ2) is 7.81. The average molecular weight is 419 g/mol. The highest BCUT2D eigenvalue weighted by Crippen LogP contribution is 2.35. The largest absolute Gasteiger partial charge is 0.268 e. The van der Waals surface area contributed by atoms with E-state index in [0.29, 0.717) is 0 Å². The van der Waals surface area contributed by atoms with Crippen LogP contribution in [0.25, 0.3) is 15.9 Å². The number of aromatic nitrogens is 2. The van der Waals surface area contributed by atoms with Gasteiger partial charge in [0.1, 0.15) is 4.83 Å². The van der Waals surface area contributed by atoms with Crippen molar-refractivity contribution in [1.29, 1.82) is 0 Å². The molecule has 3 nitrogen and oxygen atoms in total. The Kier molecular flexibility index (Phi) is 5.02. The third-order valence-electron chi connectivity index (χ3n) is 5.43. The van der Waals surface area contributed by atoms with Crippen molar-refractivity contribution in [2.75, 3.05) is 0 Å². The number of rotatable bonds is 4. The van der Waals surface area contributed by atoms with Crippen LogP contribution in [0.3, 0.4) is 0 Å². The Bertz CT molecular complexity index is 1240. The van der Waals surface area contributed by atoms with Crippen LogP contribution in [0.2, 0.25) is 0 Å². The number of thiophene rings is 1. The molecule has 0 N–H and O–H groups in total. The van der Waals surface area contributed by atoms with Crippen molar-refractivity contribution in [1.82, 2.24) is 9.55 Å². The van der Waals surface area contributed by atoms with E-state index in [1.807, 2.05) is 34.9 Å². The van der Waals surface area contributed by atoms with Gasteiger partial charge in [-0.1, -0.05) is 54.2 Å². The van der Waals surface area contributed by atoms with Crippen molar-refractivity contribution < 1.29 is 0 Å². The number of hydrogen-bond donors (Lipinski definition) is 0. The lowest BCUT2D eigenvalue weighted by Crippen LogP contribution is -2.22. The van der Waals surface area contributed by atoms with E-state index in [1.54, 1.807) is 23.1 Å². The first-order valence-corrected chi connectivity index (χ1v) is 11.8. The van der Waals surface area contributed by atoms with Gasteiger partial charge in [0.05, 0.1) is 11.1 Å². The third-order valence-corrected chi connectivity index (χ3v) is 7.62. The van der Waals surface area contributed by atoms with Gasteiger partial charge in [0.15, 0.2) is 5.16 Å². The van der Waals surface area contributed by atoms with E-state index in [0.717, 1.165) is 51.6 Å². The van der Waals surface area contributed by atoms with Crippen LogP contribution >= 0.6 is 23.1 Å². The van der Waals surface area contributed by atoms with Crippen LogP contribution in [0.1, 0.15) is 34.4 Å². The van der Waals surface area contributed by atoms with Gasteiger partial charge in [0, 0.05) is 10.6 Å². The van der Waals surface area contributed by atoms with E-state index < -0.39 is 0 Å². The number of thioether (sulfide) groups is 1. The second-order valence-corrected chi connectivity index (χ2v) is 9.57. The summed E-state index contributed by atoms with van der Waals surface area (Å²) >= 11 is 3.35. The molecular formula is C24H22N2OS2. The van der Waals surface area contributed by atoms with Gasteiger partial charge in [-0.2, -0.15) is 0 Å². The van der Waals surface area contributed by atoms with Gasteiger partial charge < -0.3 is 0 Å². The van der Waals surface area contributed by atoms with Gasteiger partial charge in [0.25, 0.3) is 5.56 Å². The number of nitrogens with zero attached hydrogens (tertiary/aromatic N) is 2. The first-order chi connectivity index (χ1) is 14.2. The molecule has 0 saturated carbocycles. The molecule has 0 fully saturated rings. The quantitative estimate of drug-likeness (QED) is 0.304. The zero-order valence-electron chi connectivity index (χ0n) is 16.4. The highest BCUT2D eigenvalue weighted by molar-refractivity contribution is 7.98. The molecule has 1 aliphatic carbocycles. The third kappa shape index (κ3) is 3.53. The van der Waals surface area contributed by atoms with Crippen LogP contribution in [-0.4, -0.2) is 9.55 Å². The molecule has 5 rings (SSSR count). The summed E-state index contributed by atoms with van der Waals surface area (Å²) in [6.07, 6.45) is 4.44. The topological polar surface area (TPSA) is 34.9 Å². The first kappa shape index (κ1) is 18.6. The molecule has 0 aliphatic heterocycles. The molecule has 0 atom stereocenters. The summed E-state index contributed by atoms with van der Waals surface area (Å²) in [6.45, 7) is 2.06. The minimum atomic E-state index is 0.0792. The summed E-state index contributed by atoms with van der Waals surface area (Å²) in [6, 6.07) is 18.5. The maximum absolute atomic E-state index is 13.7. The molecule has 5 heteroatoms. The fourth-order valence-corrected chi connectivity index (χ4v) is 6.27. The molecule has 1 aliphatic rings. The molecule has 146 valence electrons. The van der Waals surface area contributed by atoms with E-state index in [2.05, 4.69) is 31.2 Å². The molecule has 0 radical (unpaired) electrons. The van der Waals surface area contributed by atoms with Crippen molar-refractivity contribution in [3.8, 4) is 5.69 Å². The predicted molar refractivity (Wildman–Crippen MR) is 123 cm³/mol. The van der Waals surface area contributed by atoms with Gasteiger partial charge in [-0.15, -0.1) is 11.3 Å². The fraction of sp³-hybridized carbons (Fsp3) is 0.250. The highest BCUT2D eigenvalue weighted by atomic mass is 32.2. The van der Waals surface area contributed by atoms with Gasteiger partial charge >= 0.3 is 0 Å². The molecule has 0 saturated heterocycles.